The topological polar surface area (TPSA) is 64.7 Å². The highest BCUT2D eigenvalue weighted by Crippen LogP contribution is 2.37. The van der Waals surface area contributed by atoms with E-state index in [1.807, 2.05) is 0 Å². The second-order valence-corrected chi connectivity index (χ2v) is 6.64. The highest BCUT2D eigenvalue weighted by Gasteiger charge is 2.41. The highest BCUT2D eigenvalue weighted by molar-refractivity contribution is 5.80. The molecule has 0 aliphatic heterocycles. The number of fused-ring (bicyclic) bond motifs is 1. The van der Waals surface area contributed by atoms with Crippen LogP contribution in [-0.4, -0.2) is 25.5 Å². The van der Waals surface area contributed by atoms with E-state index < -0.39 is 17.9 Å². The molecule has 0 saturated heterocycles. The van der Waals surface area contributed by atoms with E-state index in [0.29, 0.717) is 37.1 Å². The quantitative estimate of drug-likeness (QED) is 0.881. The molecule has 0 saturated carbocycles. The van der Waals surface area contributed by atoms with Crippen LogP contribution in [0, 0.1) is 0 Å². The average Bonchev–Trinajstić information content (AvgIpc) is 3.24. The number of hydrogen-bond acceptors (Lipinski definition) is 3. The molecular weight excluding hydrogens is 347 g/mol. The van der Waals surface area contributed by atoms with E-state index in [0.717, 1.165) is 0 Å². The first-order valence-electron chi connectivity index (χ1n) is 8.69. The number of halogens is 3. The number of carbonyl (C=O) groups is 1. The Labute approximate surface area is 149 Å². The molecule has 26 heavy (non-hydrogen) atoms. The summed E-state index contributed by atoms with van der Waals surface area (Å²) in [5.41, 5.74) is 0.609. The highest BCUT2D eigenvalue weighted by atomic mass is 19.4. The van der Waals surface area contributed by atoms with Gasteiger partial charge in [0.15, 0.2) is 5.69 Å². The van der Waals surface area contributed by atoms with Crippen LogP contribution in [0.5, 0.6) is 0 Å². The van der Waals surface area contributed by atoms with E-state index in [4.69, 9.17) is 0 Å². The smallest absolute Gasteiger partial charge is 0.346 e. The first-order chi connectivity index (χ1) is 12.2. The molecule has 2 heterocycles. The average molecular weight is 369 g/mol. The lowest BCUT2D eigenvalue weighted by Gasteiger charge is -2.20. The molecule has 0 bridgehead atoms. The number of carbonyl (C=O) groups excluding carboxylic acids is 1. The third-order valence-electron chi connectivity index (χ3n) is 4.75. The zero-order chi connectivity index (χ0) is 19.1. The zero-order valence-electron chi connectivity index (χ0n) is 15.0. The molecule has 1 N–H and O–H groups in total. The maximum atomic E-state index is 13.3. The van der Waals surface area contributed by atoms with Gasteiger partial charge in [-0.2, -0.15) is 23.4 Å². The van der Waals surface area contributed by atoms with Gasteiger partial charge in [0.2, 0.25) is 5.91 Å². The number of nitrogens with one attached hydrogen (secondary N) is 1. The molecule has 2 aromatic heterocycles. The van der Waals surface area contributed by atoms with Gasteiger partial charge in [-0.05, 0) is 38.7 Å². The summed E-state index contributed by atoms with van der Waals surface area (Å²) < 4.78 is 42.7. The van der Waals surface area contributed by atoms with Crippen LogP contribution in [0.25, 0.3) is 0 Å². The summed E-state index contributed by atoms with van der Waals surface area (Å²) >= 11 is 0. The number of aryl methyl sites for hydroxylation is 1. The Bertz CT molecular complexity index is 808. The van der Waals surface area contributed by atoms with Crippen LogP contribution >= 0.6 is 0 Å². The van der Waals surface area contributed by atoms with Gasteiger partial charge in [0.1, 0.15) is 6.04 Å². The van der Waals surface area contributed by atoms with Crippen molar-refractivity contribution in [3.05, 3.63) is 34.9 Å². The summed E-state index contributed by atoms with van der Waals surface area (Å²) in [6.45, 7) is 3.56. The fourth-order valence-corrected chi connectivity index (χ4v) is 3.47. The van der Waals surface area contributed by atoms with Crippen molar-refractivity contribution < 1.29 is 18.0 Å². The van der Waals surface area contributed by atoms with E-state index in [1.54, 1.807) is 37.8 Å². The Kier molecular flexibility index (Phi) is 4.81. The molecular formula is C17H22F3N5O. The first-order valence-corrected chi connectivity index (χ1v) is 8.69. The number of hydrogen-bond donors (Lipinski definition) is 1. The van der Waals surface area contributed by atoms with Crippen molar-refractivity contribution in [1.29, 1.82) is 0 Å². The molecule has 0 fully saturated rings. The first kappa shape index (κ1) is 18.5. The summed E-state index contributed by atoms with van der Waals surface area (Å²) in [5, 5.41) is 10.9. The van der Waals surface area contributed by atoms with Gasteiger partial charge < -0.3 is 5.32 Å². The predicted molar refractivity (Wildman–Crippen MR) is 88.3 cm³/mol. The standard InChI is InChI=1S/C17H22F3N5O/c1-4-13(16(26)21-10(2)12-8-9-24(3)22-12)25-14-7-5-6-11(14)15(23-25)17(18,19)20/h8-10,13H,4-7H2,1-3H3,(H,21,26)/t10-,13+/m0/s1. The summed E-state index contributed by atoms with van der Waals surface area (Å²) in [6, 6.07) is 0.673. The number of rotatable bonds is 5. The zero-order valence-corrected chi connectivity index (χ0v) is 15.0. The van der Waals surface area contributed by atoms with Crippen molar-refractivity contribution in [2.75, 3.05) is 0 Å². The van der Waals surface area contributed by atoms with Gasteiger partial charge in [-0.25, -0.2) is 0 Å². The monoisotopic (exact) mass is 369 g/mol. The second kappa shape index (κ2) is 6.77. The van der Waals surface area contributed by atoms with Crippen LogP contribution in [0.2, 0.25) is 0 Å². The Balaban J connectivity index is 1.86. The summed E-state index contributed by atoms with van der Waals surface area (Å²) in [5.74, 6) is -0.350. The Hall–Kier alpha value is -2.32. The lowest BCUT2D eigenvalue weighted by Crippen LogP contribution is -2.35. The number of nitrogens with zero attached hydrogens (tertiary/aromatic N) is 4. The largest absolute Gasteiger partial charge is 0.435 e. The van der Waals surface area contributed by atoms with Crippen molar-refractivity contribution in [3.8, 4) is 0 Å². The fraction of sp³-hybridized carbons (Fsp3) is 0.588. The maximum absolute atomic E-state index is 13.3. The number of aromatic nitrogens is 4. The molecule has 1 aliphatic rings. The molecule has 9 heteroatoms. The van der Waals surface area contributed by atoms with Crippen molar-refractivity contribution in [1.82, 2.24) is 24.9 Å². The second-order valence-electron chi connectivity index (χ2n) is 6.64. The van der Waals surface area contributed by atoms with Crippen LogP contribution in [-0.2, 0) is 30.9 Å². The Morgan fingerprint density at radius 2 is 2.08 bits per heavy atom. The minimum absolute atomic E-state index is 0.238. The minimum atomic E-state index is -4.50. The minimum Gasteiger partial charge on any atom is -0.346 e. The van der Waals surface area contributed by atoms with Gasteiger partial charge in [0, 0.05) is 24.5 Å². The SMILES string of the molecule is CC[C@H](C(=O)N[C@@H](C)c1ccn(C)n1)n1nc(C(F)(F)F)c2c1CCC2. The van der Waals surface area contributed by atoms with Gasteiger partial charge in [-0.3, -0.25) is 14.2 Å². The van der Waals surface area contributed by atoms with E-state index >= 15 is 0 Å². The predicted octanol–water partition coefficient (Wildman–Crippen LogP) is 2.95. The maximum Gasteiger partial charge on any atom is 0.435 e. The molecule has 1 amide bonds. The normalized spacial score (nSPS) is 16.4. The molecule has 0 unspecified atom stereocenters. The summed E-state index contributed by atoms with van der Waals surface area (Å²) in [6.07, 6.45) is -0.865. The molecule has 2 aromatic rings. The van der Waals surface area contributed by atoms with Crippen LogP contribution in [0.15, 0.2) is 12.3 Å². The van der Waals surface area contributed by atoms with Crippen LogP contribution in [0.4, 0.5) is 13.2 Å². The lowest BCUT2D eigenvalue weighted by molar-refractivity contribution is -0.142. The van der Waals surface area contributed by atoms with Crippen molar-refractivity contribution in [2.24, 2.45) is 7.05 Å². The molecule has 0 radical (unpaired) electrons. The number of alkyl halides is 3. The molecule has 0 spiro atoms. The van der Waals surface area contributed by atoms with Crippen LogP contribution in [0.1, 0.15) is 61.4 Å². The third kappa shape index (κ3) is 3.34. The van der Waals surface area contributed by atoms with Crippen molar-refractivity contribution >= 4 is 5.91 Å². The molecule has 6 nitrogen and oxygen atoms in total. The molecule has 3 rings (SSSR count). The molecule has 142 valence electrons. The lowest BCUT2D eigenvalue weighted by atomic mass is 10.1. The van der Waals surface area contributed by atoms with E-state index in [-0.39, 0.29) is 17.5 Å². The van der Waals surface area contributed by atoms with Gasteiger partial charge >= 0.3 is 6.18 Å². The van der Waals surface area contributed by atoms with E-state index in [9.17, 15) is 18.0 Å². The van der Waals surface area contributed by atoms with Gasteiger partial charge in [0.25, 0.3) is 0 Å². The van der Waals surface area contributed by atoms with Crippen molar-refractivity contribution in [3.63, 3.8) is 0 Å². The summed E-state index contributed by atoms with van der Waals surface area (Å²) in [7, 11) is 1.78. The number of amides is 1. The Morgan fingerprint density at radius 1 is 1.35 bits per heavy atom. The van der Waals surface area contributed by atoms with Gasteiger partial charge in [0.05, 0.1) is 11.7 Å². The van der Waals surface area contributed by atoms with Gasteiger partial charge in [-0.1, -0.05) is 6.92 Å². The van der Waals surface area contributed by atoms with E-state index in [1.165, 1.54) is 4.68 Å². The van der Waals surface area contributed by atoms with Gasteiger partial charge in [-0.15, -0.1) is 0 Å². The summed E-state index contributed by atoms with van der Waals surface area (Å²) in [4.78, 5) is 12.7. The van der Waals surface area contributed by atoms with Crippen molar-refractivity contribution in [2.45, 2.75) is 57.8 Å². The fourth-order valence-electron chi connectivity index (χ4n) is 3.47. The van der Waals surface area contributed by atoms with E-state index in [2.05, 4.69) is 15.5 Å². The van der Waals surface area contributed by atoms with Crippen LogP contribution in [0.3, 0.4) is 0 Å². The van der Waals surface area contributed by atoms with Crippen LogP contribution < -0.4 is 5.32 Å². The molecule has 2 atom stereocenters. The molecule has 0 aromatic carbocycles. The third-order valence-corrected chi connectivity index (χ3v) is 4.75. The molecule has 1 aliphatic carbocycles. The Morgan fingerprint density at radius 3 is 2.65 bits per heavy atom.